The predicted molar refractivity (Wildman–Crippen MR) is 77.7 cm³/mol. The van der Waals surface area contributed by atoms with Crippen molar-refractivity contribution in [1.29, 1.82) is 0 Å². The lowest BCUT2D eigenvalue weighted by molar-refractivity contribution is 0.0360. The van der Waals surface area contributed by atoms with Gasteiger partial charge in [0.1, 0.15) is 0 Å². The van der Waals surface area contributed by atoms with Crippen LogP contribution in [-0.2, 0) is 0 Å². The van der Waals surface area contributed by atoms with E-state index in [-0.39, 0.29) is 0 Å². The summed E-state index contributed by atoms with van der Waals surface area (Å²) in [5, 5.41) is 0. The Morgan fingerprint density at radius 1 is 1.33 bits per heavy atom. The Bertz CT molecular complexity index is 266. The fourth-order valence-electron chi connectivity index (χ4n) is 3.97. The second-order valence-electron chi connectivity index (χ2n) is 6.65. The van der Waals surface area contributed by atoms with Crippen molar-refractivity contribution in [3.63, 3.8) is 0 Å². The van der Waals surface area contributed by atoms with Crippen LogP contribution in [0.5, 0.6) is 0 Å². The molecule has 0 aromatic carbocycles. The van der Waals surface area contributed by atoms with Gasteiger partial charge in [0, 0.05) is 24.7 Å². The molecular formula is C15H31N3. The Morgan fingerprint density at radius 2 is 2.11 bits per heavy atom. The SMILES string of the molecule is CCC1CCC(CN)(N2CCCC(N(C)C)C2)C1. The monoisotopic (exact) mass is 253 g/mol. The summed E-state index contributed by atoms with van der Waals surface area (Å²) in [7, 11) is 4.43. The van der Waals surface area contributed by atoms with E-state index in [1.807, 2.05) is 0 Å². The summed E-state index contributed by atoms with van der Waals surface area (Å²) in [5.41, 5.74) is 6.51. The van der Waals surface area contributed by atoms with Gasteiger partial charge >= 0.3 is 0 Å². The van der Waals surface area contributed by atoms with Crippen LogP contribution in [0.15, 0.2) is 0 Å². The van der Waals surface area contributed by atoms with Crippen LogP contribution in [0.3, 0.4) is 0 Å². The zero-order chi connectivity index (χ0) is 13.2. The molecule has 3 heteroatoms. The molecule has 3 atom stereocenters. The number of nitrogens with zero attached hydrogens (tertiary/aromatic N) is 2. The molecule has 3 nitrogen and oxygen atoms in total. The van der Waals surface area contributed by atoms with Crippen LogP contribution < -0.4 is 5.73 Å². The highest BCUT2D eigenvalue weighted by Crippen LogP contribution is 2.41. The van der Waals surface area contributed by atoms with Crippen LogP contribution in [0, 0.1) is 5.92 Å². The number of likely N-dealkylation sites (N-methyl/N-ethyl adjacent to an activating group) is 1. The van der Waals surface area contributed by atoms with E-state index in [2.05, 4.69) is 30.8 Å². The molecule has 3 unspecified atom stereocenters. The van der Waals surface area contributed by atoms with Crippen LogP contribution in [0.2, 0.25) is 0 Å². The standard InChI is InChI=1S/C15H31N3/c1-4-13-7-8-15(10-13,12-16)18-9-5-6-14(11-18)17(2)3/h13-14H,4-12,16H2,1-3H3. The maximum atomic E-state index is 6.18. The lowest BCUT2D eigenvalue weighted by Crippen LogP contribution is -2.58. The minimum absolute atomic E-state index is 0.329. The molecule has 0 aromatic rings. The summed E-state index contributed by atoms with van der Waals surface area (Å²) in [6, 6.07) is 0.725. The topological polar surface area (TPSA) is 32.5 Å². The molecule has 0 amide bonds. The summed E-state index contributed by atoms with van der Waals surface area (Å²) in [4.78, 5) is 5.12. The van der Waals surface area contributed by atoms with Crippen LogP contribution in [0.1, 0.15) is 45.4 Å². The third-order valence-electron chi connectivity index (χ3n) is 5.44. The van der Waals surface area contributed by atoms with E-state index >= 15 is 0 Å². The molecular weight excluding hydrogens is 222 g/mol. The molecule has 1 heterocycles. The summed E-state index contributed by atoms with van der Waals surface area (Å²) in [5.74, 6) is 0.910. The molecule has 1 aliphatic heterocycles. The van der Waals surface area contributed by atoms with Crippen molar-refractivity contribution < 1.29 is 0 Å². The van der Waals surface area contributed by atoms with Gasteiger partial charge in [-0.3, -0.25) is 4.90 Å². The minimum Gasteiger partial charge on any atom is -0.329 e. The minimum atomic E-state index is 0.329. The highest BCUT2D eigenvalue weighted by Gasteiger charge is 2.43. The van der Waals surface area contributed by atoms with Crippen LogP contribution >= 0.6 is 0 Å². The lowest BCUT2D eigenvalue weighted by Gasteiger charge is -2.46. The average Bonchev–Trinajstić information content (AvgIpc) is 2.84. The second kappa shape index (κ2) is 5.89. The summed E-state index contributed by atoms with van der Waals surface area (Å²) >= 11 is 0. The maximum Gasteiger partial charge on any atom is 0.0335 e. The summed E-state index contributed by atoms with van der Waals surface area (Å²) in [6.45, 7) is 5.67. The zero-order valence-corrected chi connectivity index (χ0v) is 12.5. The van der Waals surface area contributed by atoms with Crippen LogP contribution in [-0.4, -0.2) is 55.1 Å². The van der Waals surface area contributed by atoms with E-state index < -0.39 is 0 Å². The van der Waals surface area contributed by atoms with Gasteiger partial charge in [0.2, 0.25) is 0 Å². The smallest absolute Gasteiger partial charge is 0.0335 e. The number of nitrogens with two attached hydrogens (primary N) is 1. The van der Waals surface area contributed by atoms with Crippen molar-refractivity contribution >= 4 is 0 Å². The van der Waals surface area contributed by atoms with Gasteiger partial charge in [0.15, 0.2) is 0 Å². The number of rotatable bonds is 4. The van der Waals surface area contributed by atoms with E-state index in [1.165, 1.54) is 51.6 Å². The average molecular weight is 253 g/mol. The number of hydrogen-bond donors (Lipinski definition) is 1. The fraction of sp³-hybridized carbons (Fsp3) is 1.00. The van der Waals surface area contributed by atoms with Crippen molar-refractivity contribution in [1.82, 2.24) is 9.80 Å². The highest BCUT2D eigenvalue weighted by atomic mass is 15.3. The maximum absolute atomic E-state index is 6.18. The van der Waals surface area contributed by atoms with Gasteiger partial charge in [-0.15, -0.1) is 0 Å². The predicted octanol–water partition coefficient (Wildman–Crippen LogP) is 1.92. The first-order valence-electron chi connectivity index (χ1n) is 7.73. The molecule has 2 N–H and O–H groups in total. The largest absolute Gasteiger partial charge is 0.329 e. The molecule has 106 valence electrons. The van der Waals surface area contributed by atoms with E-state index in [0.29, 0.717) is 5.54 Å². The Hall–Kier alpha value is -0.120. The molecule has 0 aromatic heterocycles. The quantitative estimate of drug-likeness (QED) is 0.831. The van der Waals surface area contributed by atoms with Crippen molar-refractivity contribution in [2.45, 2.75) is 57.0 Å². The highest BCUT2D eigenvalue weighted by molar-refractivity contribution is 5.00. The van der Waals surface area contributed by atoms with Gasteiger partial charge < -0.3 is 10.6 Å². The Labute approximate surface area is 113 Å². The Kier molecular flexibility index (Phi) is 4.68. The first kappa shape index (κ1) is 14.3. The van der Waals surface area contributed by atoms with Gasteiger partial charge in [-0.2, -0.15) is 0 Å². The van der Waals surface area contributed by atoms with Crippen LogP contribution in [0.25, 0.3) is 0 Å². The normalized spacial score (nSPS) is 38.5. The Morgan fingerprint density at radius 3 is 2.67 bits per heavy atom. The molecule has 1 saturated heterocycles. The second-order valence-corrected chi connectivity index (χ2v) is 6.65. The molecule has 2 rings (SSSR count). The van der Waals surface area contributed by atoms with Crippen molar-refractivity contribution in [3.8, 4) is 0 Å². The van der Waals surface area contributed by atoms with E-state index in [0.717, 1.165) is 18.5 Å². The number of likely N-dealkylation sites (tertiary alicyclic amines) is 1. The van der Waals surface area contributed by atoms with E-state index in [4.69, 9.17) is 5.73 Å². The van der Waals surface area contributed by atoms with E-state index in [9.17, 15) is 0 Å². The zero-order valence-electron chi connectivity index (χ0n) is 12.5. The molecule has 0 bridgehead atoms. The molecule has 2 aliphatic rings. The summed E-state index contributed by atoms with van der Waals surface area (Å²) < 4.78 is 0. The van der Waals surface area contributed by atoms with Crippen molar-refractivity contribution in [3.05, 3.63) is 0 Å². The van der Waals surface area contributed by atoms with Gasteiger partial charge in [-0.1, -0.05) is 13.3 Å². The third-order valence-corrected chi connectivity index (χ3v) is 5.44. The number of piperidine rings is 1. The molecule has 2 fully saturated rings. The first-order valence-corrected chi connectivity index (χ1v) is 7.73. The third kappa shape index (κ3) is 2.73. The van der Waals surface area contributed by atoms with Crippen LogP contribution in [0.4, 0.5) is 0 Å². The summed E-state index contributed by atoms with van der Waals surface area (Å²) in [6.07, 6.45) is 8.05. The van der Waals surface area contributed by atoms with Crippen molar-refractivity contribution in [2.24, 2.45) is 11.7 Å². The number of hydrogen-bond acceptors (Lipinski definition) is 3. The Balaban J connectivity index is 2.04. The van der Waals surface area contributed by atoms with Gasteiger partial charge in [0.05, 0.1) is 0 Å². The molecule has 0 spiro atoms. The van der Waals surface area contributed by atoms with Gasteiger partial charge in [0.25, 0.3) is 0 Å². The van der Waals surface area contributed by atoms with E-state index in [1.54, 1.807) is 0 Å². The molecule has 0 radical (unpaired) electrons. The first-order chi connectivity index (χ1) is 8.61. The molecule has 1 aliphatic carbocycles. The fourth-order valence-corrected chi connectivity index (χ4v) is 3.97. The molecule has 18 heavy (non-hydrogen) atoms. The lowest BCUT2D eigenvalue weighted by atomic mass is 9.89. The van der Waals surface area contributed by atoms with Gasteiger partial charge in [-0.25, -0.2) is 0 Å². The van der Waals surface area contributed by atoms with Crippen molar-refractivity contribution in [2.75, 3.05) is 33.7 Å². The molecule has 1 saturated carbocycles. The van der Waals surface area contributed by atoms with Gasteiger partial charge in [-0.05, 0) is 58.7 Å².